The Kier molecular flexibility index (Phi) is 4.64. The molecule has 6 heteroatoms. The molecule has 2 fully saturated rings. The molecule has 2 N–H and O–H groups in total. The molecule has 5 nitrogen and oxygen atoms in total. The fourth-order valence-electron chi connectivity index (χ4n) is 3.03. The van der Waals surface area contributed by atoms with Crippen LogP contribution in [0, 0.1) is 11.8 Å². The first-order valence-electron chi connectivity index (χ1n) is 6.95. The zero-order valence-electron chi connectivity index (χ0n) is 11.4. The highest BCUT2D eigenvalue weighted by Crippen LogP contribution is 2.23. The molecule has 0 radical (unpaired) electrons. The summed E-state index contributed by atoms with van der Waals surface area (Å²) in [5, 5.41) is 3.25. The summed E-state index contributed by atoms with van der Waals surface area (Å²) in [6.07, 6.45) is 2.90. The number of piperidine rings is 2. The van der Waals surface area contributed by atoms with Gasteiger partial charge in [-0.05, 0) is 44.2 Å². The van der Waals surface area contributed by atoms with Crippen LogP contribution in [0.25, 0.3) is 0 Å². The Morgan fingerprint density at radius 1 is 1.11 bits per heavy atom. The zero-order chi connectivity index (χ0) is 13.2. The molecule has 18 heavy (non-hydrogen) atoms. The first kappa shape index (κ1) is 14.2. The molecule has 106 valence electrons. The Morgan fingerprint density at radius 3 is 2.22 bits per heavy atom. The molecule has 2 aliphatic heterocycles. The van der Waals surface area contributed by atoms with Crippen LogP contribution < -0.4 is 10.0 Å². The lowest BCUT2D eigenvalue weighted by atomic mass is 9.94. The van der Waals surface area contributed by atoms with E-state index >= 15 is 0 Å². The Morgan fingerprint density at radius 2 is 1.67 bits per heavy atom. The predicted molar refractivity (Wildman–Crippen MR) is 72.5 cm³/mol. The van der Waals surface area contributed by atoms with Crippen LogP contribution in [0.2, 0.25) is 0 Å². The van der Waals surface area contributed by atoms with Crippen molar-refractivity contribution in [3.63, 3.8) is 0 Å². The van der Waals surface area contributed by atoms with Gasteiger partial charge in [-0.2, -0.15) is 17.4 Å². The van der Waals surface area contributed by atoms with Gasteiger partial charge in [0.05, 0.1) is 0 Å². The third kappa shape index (κ3) is 3.66. The number of rotatable bonds is 3. The monoisotopic (exact) mass is 275 g/mol. The molecule has 0 saturated carbocycles. The van der Waals surface area contributed by atoms with Crippen LogP contribution in [0.5, 0.6) is 0 Å². The molecule has 2 atom stereocenters. The van der Waals surface area contributed by atoms with Crippen molar-refractivity contribution in [1.29, 1.82) is 0 Å². The molecule has 0 spiro atoms. The summed E-state index contributed by atoms with van der Waals surface area (Å²) in [6, 6.07) is 0.101. The molecule has 2 aliphatic rings. The van der Waals surface area contributed by atoms with Crippen LogP contribution in [-0.4, -0.2) is 44.9 Å². The van der Waals surface area contributed by atoms with Crippen molar-refractivity contribution < 1.29 is 8.42 Å². The molecule has 0 aliphatic carbocycles. The quantitative estimate of drug-likeness (QED) is 0.791. The second-order valence-electron chi connectivity index (χ2n) is 5.91. The second-order valence-corrected chi connectivity index (χ2v) is 7.61. The van der Waals surface area contributed by atoms with Gasteiger partial charge in [0, 0.05) is 19.1 Å². The Hall–Kier alpha value is -0.170. The van der Waals surface area contributed by atoms with Gasteiger partial charge in [0.1, 0.15) is 0 Å². The van der Waals surface area contributed by atoms with E-state index in [0.29, 0.717) is 24.9 Å². The van der Waals surface area contributed by atoms with Crippen molar-refractivity contribution in [1.82, 2.24) is 14.3 Å². The maximum atomic E-state index is 12.3. The van der Waals surface area contributed by atoms with E-state index in [1.807, 2.05) is 0 Å². The van der Waals surface area contributed by atoms with Crippen molar-refractivity contribution in [2.24, 2.45) is 11.8 Å². The summed E-state index contributed by atoms with van der Waals surface area (Å²) in [5.74, 6) is 0.914. The Bertz CT molecular complexity index is 356. The fourth-order valence-corrected chi connectivity index (χ4v) is 4.73. The minimum absolute atomic E-state index is 0.101. The van der Waals surface area contributed by atoms with E-state index in [9.17, 15) is 8.42 Å². The Labute approximate surface area is 110 Å². The molecule has 2 saturated heterocycles. The van der Waals surface area contributed by atoms with Gasteiger partial charge in [0.2, 0.25) is 0 Å². The summed E-state index contributed by atoms with van der Waals surface area (Å²) in [7, 11) is -3.29. The smallest absolute Gasteiger partial charge is 0.279 e. The number of hydrogen-bond acceptors (Lipinski definition) is 3. The van der Waals surface area contributed by atoms with Crippen LogP contribution in [0.3, 0.4) is 0 Å². The fraction of sp³-hybridized carbons (Fsp3) is 1.00. The third-order valence-corrected chi connectivity index (χ3v) is 5.44. The standard InChI is InChI=1S/C12H25N3O2S/c1-10-7-11(2)9-15(8-10)18(16,17)14-12-3-5-13-6-4-12/h10-14H,3-9H2,1-2H3. The van der Waals surface area contributed by atoms with E-state index in [0.717, 1.165) is 32.4 Å². The predicted octanol–water partition coefficient (Wildman–Crippen LogP) is 0.551. The van der Waals surface area contributed by atoms with Gasteiger partial charge < -0.3 is 5.32 Å². The number of nitrogens with one attached hydrogen (secondary N) is 2. The average Bonchev–Trinajstić information content (AvgIpc) is 2.28. The largest absolute Gasteiger partial charge is 0.317 e. The first-order valence-corrected chi connectivity index (χ1v) is 8.39. The van der Waals surface area contributed by atoms with Gasteiger partial charge in [-0.3, -0.25) is 0 Å². The van der Waals surface area contributed by atoms with Gasteiger partial charge in [-0.15, -0.1) is 0 Å². The second kappa shape index (κ2) is 5.86. The van der Waals surface area contributed by atoms with Gasteiger partial charge >= 0.3 is 0 Å². The van der Waals surface area contributed by atoms with E-state index < -0.39 is 10.2 Å². The molecule has 2 heterocycles. The highest BCUT2D eigenvalue weighted by Gasteiger charge is 2.32. The minimum Gasteiger partial charge on any atom is -0.317 e. The maximum Gasteiger partial charge on any atom is 0.279 e. The Balaban J connectivity index is 1.96. The molecule has 0 aromatic heterocycles. The third-order valence-electron chi connectivity index (χ3n) is 3.83. The van der Waals surface area contributed by atoms with E-state index in [-0.39, 0.29) is 6.04 Å². The maximum absolute atomic E-state index is 12.3. The highest BCUT2D eigenvalue weighted by atomic mass is 32.2. The minimum atomic E-state index is -3.29. The van der Waals surface area contributed by atoms with Crippen LogP contribution in [0.4, 0.5) is 0 Å². The topological polar surface area (TPSA) is 61.4 Å². The van der Waals surface area contributed by atoms with Gasteiger partial charge in [-0.1, -0.05) is 13.8 Å². The SMILES string of the molecule is CC1CC(C)CN(S(=O)(=O)NC2CCNCC2)C1. The van der Waals surface area contributed by atoms with Crippen LogP contribution in [0.15, 0.2) is 0 Å². The summed E-state index contributed by atoms with van der Waals surface area (Å²) in [5.41, 5.74) is 0. The summed E-state index contributed by atoms with van der Waals surface area (Å²) in [4.78, 5) is 0. The molecule has 0 amide bonds. The van der Waals surface area contributed by atoms with Gasteiger partial charge in [-0.25, -0.2) is 0 Å². The molecule has 0 bridgehead atoms. The van der Waals surface area contributed by atoms with Gasteiger partial charge in [0.25, 0.3) is 10.2 Å². The lowest BCUT2D eigenvalue weighted by Gasteiger charge is -2.35. The lowest BCUT2D eigenvalue weighted by Crippen LogP contribution is -2.52. The van der Waals surface area contributed by atoms with Crippen molar-refractivity contribution in [2.75, 3.05) is 26.2 Å². The zero-order valence-corrected chi connectivity index (χ0v) is 12.2. The summed E-state index contributed by atoms with van der Waals surface area (Å²) >= 11 is 0. The van der Waals surface area contributed by atoms with Crippen molar-refractivity contribution in [3.8, 4) is 0 Å². The molecular weight excluding hydrogens is 250 g/mol. The molecule has 2 rings (SSSR count). The van der Waals surface area contributed by atoms with Crippen LogP contribution in [0.1, 0.15) is 33.1 Å². The van der Waals surface area contributed by atoms with Crippen molar-refractivity contribution in [2.45, 2.75) is 39.2 Å². The normalized spacial score (nSPS) is 32.6. The van der Waals surface area contributed by atoms with E-state index in [2.05, 4.69) is 23.9 Å². The highest BCUT2D eigenvalue weighted by molar-refractivity contribution is 7.87. The lowest BCUT2D eigenvalue weighted by molar-refractivity contribution is 0.218. The molecular formula is C12H25N3O2S. The first-order chi connectivity index (χ1) is 8.47. The number of hydrogen-bond donors (Lipinski definition) is 2. The summed E-state index contributed by atoms with van der Waals surface area (Å²) < 4.78 is 29.2. The van der Waals surface area contributed by atoms with Crippen LogP contribution in [-0.2, 0) is 10.2 Å². The van der Waals surface area contributed by atoms with Crippen molar-refractivity contribution >= 4 is 10.2 Å². The average molecular weight is 275 g/mol. The van der Waals surface area contributed by atoms with E-state index in [1.165, 1.54) is 0 Å². The van der Waals surface area contributed by atoms with Gasteiger partial charge in [0.15, 0.2) is 0 Å². The van der Waals surface area contributed by atoms with Crippen molar-refractivity contribution in [3.05, 3.63) is 0 Å². The van der Waals surface area contributed by atoms with E-state index in [4.69, 9.17) is 0 Å². The summed E-state index contributed by atoms with van der Waals surface area (Å²) in [6.45, 7) is 7.38. The molecule has 0 aromatic rings. The molecule has 0 aromatic carbocycles. The number of nitrogens with zero attached hydrogens (tertiary/aromatic N) is 1. The molecule has 2 unspecified atom stereocenters. The van der Waals surface area contributed by atoms with Crippen LogP contribution >= 0.6 is 0 Å². The van der Waals surface area contributed by atoms with E-state index in [1.54, 1.807) is 4.31 Å².